The van der Waals surface area contributed by atoms with Gasteiger partial charge < -0.3 is 19.9 Å². The molecule has 1 fully saturated rings. The summed E-state index contributed by atoms with van der Waals surface area (Å²) < 4.78 is 33.3. The number of aromatic nitrogens is 4. The normalized spacial score (nSPS) is 13.8. The van der Waals surface area contributed by atoms with Crippen LogP contribution in [0.4, 0.5) is 20.2 Å². The predicted octanol–water partition coefficient (Wildman–Crippen LogP) is 3.83. The van der Waals surface area contributed by atoms with E-state index in [0.717, 1.165) is 49.7 Å². The zero-order valence-electron chi connectivity index (χ0n) is 17.4. The van der Waals surface area contributed by atoms with Crippen molar-refractivity contribution >= 4 is 17.3 Å². The van der Waals surface area contributed by atoms with Crippen LogP contribution in [0.15, 0.2) is 54.9 Å². The second-order valence-corrected chi connectivity index (χ2v) is 7.48. The predicted molar refractivity (Wildman–Crippen MR) is 119 cm³/mol. The number of nitrogens with one attached hydrogen (secondary N) is 3. The zero-order chi connectivity index (χ0) is 22.8. The lowest BCUT2D eigenvalue weighted by atomic mass is 10.1. The van der Waals surface area contributed by atoms with Gasteiger partial charge >= 0.3 is 0 Å². The van der Waals surface area contributed by atoms with Crippen molar-refractivity contribution in [2.24, 2.45) is 0 Å². The summed E-state index contributed by atoms with van der Waals surface area (Å²) >= 11 is 0. The van der Waals surface area contributed by atoms with Gasteiger partial charge in [-0.15, -0.1) is 0 Å². The third kappa shape index (κ3) is 4.20. The number of benzene rings is 2. The fourth-order valence-corrected chi connectivity index (χ4v) is 3.72. The van der Waals surface area contributed by atoms with Gasteiger partial charge in [-0.2, -0.15) is 5.10 Å². The second-order valence-electron chi connectivity index (χ2n) is 7.48. The quantitative estimate of drug-likeness (QED) is 0.429. The van der Waals surface area contributed by atoms with Crippen molar-refractivity contribution in [2.45, 2.75) is 0 Å². The van der Waals surface area contributed by atoms with Gasteiger partial charge in [-0.3, -0.25) is 9.89 Å². The van der Waals surface area contributed by atoms with Gasteiger partial charge in [0.1, 0.15) is 17.2 Å². The van der Waals surface area contributed by atoms with E-state index in [1.54, 1.807) is 6.20 Å². The van der Waals surface area contributed by atoms with Crippen molar-refractivity contribution < 1.29 is 18.3 Å². The fraction of sp³-hybridized carbons (Fsp3) is 0.174. The molecule has 0 spiro atoms. The van der Waals surface area contributed by atoms with Gasteiger partial charge in [0, 0.05) is 36.7 Å². The van der Waals surface area contributed by atoms with Crippen LogP contribution in [0.5, 0.6) is 0 Å². The van der Waals surface area contributed by atoms with Crippen molar-refractivity contribution in [2.75, 3.05) is 36.5 Å². The van der Waals surface area contributed by atoms with E-state index in [4.69, 9.17) is 4.74 Å². The van der Waals surface area contributed by atoms with Crippen molar-refractivity contribution in [3.05, 3.63) is 72.1 Å². The van der Waals surface area contributed by atoms with Crippen LogP contribution in [0, 0.1) is 11.6 Å². The monoisotopic (exact) mass is 450 g/mol. The molecule has 0 unspecified atom stereocenters. The molecular formula is C23H20F2N6O2. The third-order valence-electron chi connectivity index (χ3n) is 5.42. The maximum absolute atomic E-state index is 13.9. The van der Waals surface area contributed by atoms with Gasteiger partial charge in [-0.25, -0.2) is 13.8 Å². The lowest BCUT2D eigenvalue weighted by Gasteiger charge is -2.28. The van der Waals surface area contributed by atoms with Crippen LogP contribution in [-0.4, -0.2) is 52.4 Å². The van der Waals surface area contributed by atoms with Crippen LogP contribution >= 0.6 is 0 Å². The molecule has 2 aromatic carbocycles. The number of nitrogens with zero attached hydrogens (tertiary/aromatic N) is 3. The topological polar surface area (TPSA) is 98.9 Å². The summed E-state index contributed by atoms with van der Waals surface area (Å²) in [6, 6.07) is 11.3. The first-order valence-corrected chi connectivity index (χ1v) is 10.4. The Balaban J connectivity index is 1.35. The maximum Gasteiger partial charge on any atom is 0.261 e. The molecule has 1 amide bonds. The van der Waals surface area contributed by atoms with E-state index >= 15 is 0 Å². The summed E-state index contributed by atoms with van der Waals surface area (Å²) in [5, 5.41) is 9.26. The molecule has 3 heterocycles. The zero-order valence-corrected chi connectivity index (χ0v) is 17.4. The van der Waals surface area contributed by atoms with E-state index in [2.05, 4.69) is 30.4 Å². The Hall–Kier alpha value is -4.05. The Kier molecular flexibility index (Phi) is 5.57. The van der Waals surface area contributed by atoms with Crippen molar-refractivity contribution in [3.8, 4) is 22.8 Å². The number of halogens is 2. The van der Waals surface area contributed by atoms with Crippen LogP contribution in [0.2, 0.25) is 0 Å². The summed E-state index contributed by atoms with van der Waals surface area (Å²) in [7, 11) is 0. The molecule has 0 bridgehead atoms. The van der Waals surface area contributed by atoms with Gasteiger partial charge in [0.2, 0.25) is 0 Å². The molecule has 1 saturated heterocycles. The third-order valence-corrected chi connectivity index (χ3v) is 5.42. The molecule has 168 valence electrons. The first kappa shape index (κ1) is 20.8. The maximum atomic E-state index is 13.9. The van der Waals surface area contributed by atoms with Gasteiger partial charge in [0.05, 0.1) is 24.6 Å². The molecule has 8 nitrogen and oxygen atoms in total. The fourth-order valence-electron chi connectivity index (χ4n) is 3.72. The molecular weight excluding hydrogens is 430 g/mol. The second kappa shape index (κ2) is 8.83. The highest BCUT2D eigenvalue weighted by atomic mass is 19.1. The Morgan fingerprint density at radius 3 is 2.48 bits per heavy atom. The van der Waals surface area contributed by atoms with E-state index in [1.165, 1.54) is 12.3 Å². The van der Waals surface area contributed by atoms with Gasteiger partial charge in [-0.05, 0) is 24.3 Å². The minimum atomic E-state index is -0.946. The van der Waals surface area contributed by atoms with Gasteiger partial charge in [-0.1, -0.05) is 18.2 Å². The smallest absolute Gasteiger partial charge is 0.261 e. The van der Waals surface area contributed by atoms with E-state index in [-0.39, 0.29) is 5.69 Å². The number of aromatic amines is 2. The molecule has 0 radical (unpaired) electrons. The number of amides is 1. The first-order chi connectivity index (χ1) is 16.1. The van der Waals surface area contributed by atoms with Crippen LogP contribution < -0.4 is 10.2 Å². The average molecular weight is 450 g/mol. The molecule has 0 saturated carbocycles. The minimum Gasteiger partial charge on any atom is -0.378 e. The molecule has 1 aliphatic rings. The Morgan fingerprint density at radius 1 is 1.03 bits per heavy atom. The first-order valence-electron chi connectivity index (χ1n) is 10.4. The Morgan fingerprint density at radius 2 is 1.76 bits per heavy atom. The van der Waals surface area contributed by atoms with Crippen LogP contribution in [0.3, 0.4) is 0 Å². The van der Waals surface area contributed by atoms with Crippen molar-refractivity contribution in [1.29, 1.82) is 0 Å². The lowest BCUT2D eigenvalue weighted by molar-refractivity contribution is 0.101. The number of H-pyrrole nitrogens is 2. The molecule has 2 aromatic heterocycles. The van der Waals surface area contributed by atoms with Crippen LogP contribution in [0.25, 0.3) is 22.8 Å². The summed E-state index contributed by atoms with van der Waals surface area (Å²) in [6.45, 7) is 3.15. The summed E-state index contributed by atoms with van der Waals surface area (Å²) in [6.07, 6.45) is 3.15. The highest BCUT2D eigenvalue weighted by molar-refractivity contribution is 6.06. The van der Waals surface area contributed by atoms with Gasteiger partial charge in [0.25, 0.3) is 5.91 Å². The number of morpholine rings is 1. The number of carbonyl (C=O) groups is 1. The number of ether oxygens (including phenoxy) is 1. The van der Waals surface area contributed by atoms with E-state index in [0.29, 0.717) is 17.2 Å². The largest absolute Gasteiger partial charge is 0.378 e. The summed E-state index contributed by atoms with van der Waals surface area (Å²) in [5.41, 5.74) is 2.62. The van der Waals surface area contributed by atoms with Crippen molar-refractivity contribution in [3.63, 3.8) is 0 Å². The van der Waals surface area contributed by atoms with E-state index in [9.17, 15) is 13.6 Å². The molecule has 1 aliphatic heterocycles. The molecule has 0 atom stereocenters. The highest BCUT2D eigenvalue weighted by Gasteiger charge is 2.21. The van der Waals surface area contributed by atoms with Gasteiger partial charge in [0.15, 0.2) is 11.5 Å². The van der Waals surface area contributed by atoms with Crippen LogP contribution in [-0.2, 0) is 4.74 Å². The number of anilines is 2. The van der Waals surface area contributed by atoms with Crippen LogP contribution in [0.1, 0.15) is 10.4 Å². The molecule has 0 aliphatic carbocycles. The van der Waals surface area contributed by atoms with Crippen molar-refractivity contribution in [1.82, 2.24) is 20.2 Å². The summed E-state index contributed by atoms with van der Waals surface area (Å²) in [4.78, 5) is 22.3. The number of carbonyl (C=O) groups excluding carboxylic acids is 1. The standard InChI is InChI=1S/C23H20F2N6O2/c24-16-2-1-3-17(25)20(16)23(32)29-19-13-27-30-21(19)22-26-12-18(28-22)14-4-6-15(7-5-14)31-8-10-33-11-9-31/h1-7,12-13H,8-11H2,(H,26,28)(H,27,30)(H,29,32). The minimum absolute atomic E-state index is 0.242. The summed E-state index contributed by atoms with van der Waals surface area (Å²) in [5.74, 6) is -2.41. The molecule has 10 heteroatoms. The van der Waals surface area contributed by atoms with E-state index < -0.39 is 23.1 Å². The Labute approximate surface area is 187 Å². The lowest BCUT2D eigenvalue weighted by Crippen LogP contribution is -2.36. The number of hydrogen-bond donors (Lipinski definition) is 3. The molecule has 4 aromatic rings. The Bertz CT molecular complexity index is 1260. The highest BCUT2D eigenvalue weighted by Crippen LogP contribution is 2.28. The molecule has 5 rings (SSSR count). The van der Waals surface area contributed by atoms with E-state index in [1.807, 2.05) is 24.3 Å². The molecule has 33 heavy (non-hydrogen) atoms. The number of rotatable bonds is 5. The average Bonchev–Trinajstić information content (AvgIpc) is 3.49. The molecule has 3 N–H and O–H groups in total. The number of imidazole rings is 1. The SMILES string of the molecule is O=C(Nc1c[nH]nc1-c1nc(-c2ccc(N3CCOCC3)cc2)c[nH]1)c1c(F)cccc1F. The number of hydrogen-bond acceptors (Lipinski definition) is 5.